The number of halogens is 1. The largest absolute Gasteiger partial charge is 0.503 e. The summed E-state index contributed by atoms with van der Waals surface area (Å²) in [6, 6.07) is 5.04. The third kappa shape index (κ3) is 3.15. The number of furan rings is 1. The Morgan fingerprint density at radius 3 is 2.70 bits per heavy atom. The van der Waals surface area contributed by atoms with Gasteiger partial charge in [0.05, 0.1) is 23.2 Å². The van der Waals surface area contributed by atoms with E-state index in [1.54, 1.807) is 13.0 Å². The van der Waals surface area contributed by atoms with Crippen molar-refractivity contribution in [1.29, 1.82) is 0 Å². The first-order valence-electron chi connectivity index (χ1n) is 8.53. The maximum Gasteiger partial charge on any atom is 0.296 e. The molecule has 0 spiro atoms. The number of aliphatic hydroxyl groups excluding tert-OH is 1. The smallest absolute Gasteiger partial charge is 0.296 e. The second kappa shape index (κ2) is 7.58. The van der Waals surface area contributed by atoms with Gasteiger partial charge in [-0.3, -0.25) is 14.5 Å². The summed E-state index contributed by atoms with van der Waals surface area (Å²) in [4.78, 5) is 27.3. The van der Waals surface area contributed by atoms with Crippen molar-refractivity contribution in [2.45, 2.75) is 13.0 Å². The highest BCUT2D eigenvalue weighted by Crippen LogP contribution is 2.46. The molecule has 154 valence electrons. The minimum atomic E-state index is -1.05. The van der Waals surface area contributed by atoms with E-state index in [-0.39, 0.29) is 32.4 Å². The van der Waals surface area contributed by atoms with Crippen molar-refractivity contribution in [2.24, 2.45) is 0 Å². The zero-order chi connectivity index (χ0) is 21.6. The summed E-state index contributed by atoms with van der Waals surface area (Å²) in [6.07, 6.45) is 0. The van der Waals surface area contributed by atoms with Gasteiger partial charge in [-0.2, -0.15) is 0 Å². The number of methoxy groups -OCH3 is 1. The molecule has 1 aromatic carbocycles. The van der Waals surface area contributed by atoms with Gasteiger partial charge in [0, 0.05) is 0 Å². The van der Waals surface area contributed by atoms with Crippen molar-refractivity contribution in [3.63, 3.8) is 0 Å². The second-order valence-corrected chi connectivity index (χ2v) is 8.02. The van der Waals surface area contributed by atoms with Gasteiger partial charge in [-0.1, -0.05) is 11.3 Å². The topological polar surface area (TPSA) is 126 Å². The van der Waals surface area contributed by atoms with Gasteiger partial charge in [0.1, 0.15) is 11.3 Å². The number of aromatic hydroxyl groups is 1. The van der Waals surface area contributed by atoms with E-state index >= 15 is 0 Å². The van der Waals surface area contributed by atoms with Crippen LogP contribution in [0.3, 0.4) is 0 Å². The van der Waals surface area contributed by atoms with Crippen LogP contribution in [0.5, 0.6) is 11.5 Å². The van der Waals surface area contributed by atoms with Gasteiger partial charge >= 0.3 is 0 Å². The van der Waals surface area contributed by atoms with Crippen molar-refractivity contribution in [3.8, 4) is 11.5 Å². The number of hydrogen-bond acceptors (Lipinski definition) is 9. The number of amides is 1. The highest BCUT2D eigenvalue weighted by Gasteiger charge is 2.46. The summed E-state index contributed by atoms with van der Waals surface area (Å²) in [7, 11) is 1.37. The molecule has 1 unspecified atom stereocenters. The molecular formula is C19H14BrN3O6S. The molecule has 4 rings (SSSR count). The number of aryl methyl sites for hydroxylation is 1. The summed E-state index contributed by atoms with van der Waals surface area (Å²) >= 11 is 4.32. The molecule has 11 heteroatoms. The zero-order valence-corrected chi connectivity index (χ0v) is 18.0. The van der Waals surface area contributed by atoms with Gasteiger partial charge in [0.2, 0.25) is 10.9 Å². The molecule has 0 saturated heterocycles. The first-order chi connectivity index (χ1) is 14.3. The van der Waals surface area contributed by atoms with E-state index in [2.05, 4.69) is 26.1 Å². The summed E-state index contributed by atoms with van der Waals surface area (Å²) in [5.41, 5.74) is 1.65. The third-order valence-electron chi connectivity index (χ3n) is 4.56. The van der Waals surface area contributed by atoms with Crippen molar-refractivity contribution < 1.29 is 29.0 Å². The SMILES string of the molecule is COc1cc(C2C(C(=O)c3ccc(C)o3)=C(O)C(=O)N2c2nncs2)cc(Br)c1O. The molecule has 3 aromatic rings. The summed E-state index contributed by atoms with van der Waals surface area (Å²) in [6.45, 7) is 1.68. The molecule has 1 atom stereocenters. The lowest BCUT2D eigenvalue weighted by atomic mass is 9.95. The molecule has 1 aliphatic rings. The summed E-state index contributed by atoms with van der Waals surface area (Å²) < 4.78 is 10.9. The Morgan fingerprint density at radius 2 is 2.10 bits per heavy atom. The number of anilines is 1. The van der Waals surface area contributed by atoms with Gasteiger partial charge in [-0.05, 0) is 52.7 Å². The highest BCUT2D eigenvalue weighted by molar-refractivity contribution is 9.10. The van der Waals surface area contributed by atoms with E-state index in [0.717, 1.165) is 11.3 Å². The van der Waals surface area contributed by atoms with E-state index in [4.69, 9.17) is 9.15 Å². The van der Waals surface area contributed by atoms with Crippen LogP contribution in [0, 0.1) is 6.92 Å². The molecule has 0 fully saturated rings. The molecule has 3 heterocycles. The lowest BCUT2D eigenvalue weighted by molar-refractivity contribution is -0.117. The molecule has 2 N–H and O–H groups in total. The average molecular weight is 492 g/mol. The molecule has 0 radical (unpaired) electrons. The van der Waals surface area contributed by atoms with Gasteiger partial charge in [0.15, 0.2) is 23.0 Å². The van der Waals surface area contributed by atoms with Gasteiger partial charge in [-0.15, -0.1) is 10.2 Å². The van der Waals surface area contributed by atoms with E-state index in [1.807, 2.05) is 0 Å². The van der Waals surface area contributed by atoms with Crippen molar-refractivity contribution in [2.75, 3.05) is 12.0 Å². The second-order valence-electron chi connectivity index (χ2n) is 6.35. The number of Topliss-reactive ketones (excluding diaryl/α,β-unsaturated/α-hetero) is 1. The molecular weight excluding hydrogens is 478 g/mol. The maximum atomic E-state index is 13.2. The van der Waals surface area contributed by atoms with Crippen LogP contribution in [0.25, 0.3) is 0 Å². The number of phenols is 1. The summed E-state index contributed by atoms with van der Waals surface area (Å²) in [5.74, 6) is -1.69. The number of hydrogen-bond donors (Lipinski definition) is 2. The van der Waals surface area contributed by atoms with Gasteiger partial charge in [0.25, 0.3) is 5.91 Å². The Morgan fingerprint density at radius 1 is 1.33 bits per heavy atom. The Labute approximate surface area is 182 Å². The van der Waals surface area contributed by atoms with Crippen LogP contribution >= 0.6 is 27.3 Å². The van der Waals surface area contributed by atoms with E-state index < -0.39 is 23.5 Å². The number of carbonyl (C=O) groups is 2. The van der Waals surface area contributed by atoms with Crippen LogP contribution in [0.15, 0.2) is 50.0 Å². The molecule has 2 aromatic heterocycles. The first-order valence-corrected chi connectivity index (χ1v) is 10.2. The average Bonchev–Trinajstić information content (AvgIpc) is 3.45. The Kier molecular flexibility index (Phi) is 5.08. The molecule has 0 saturated carbocycles. The van der Waals surface area contributed by atoms with Gasteiger partial charge in [-0.25, -0.2) is 0 Å². The van der Waals surface area contributed by atoms with E-state index in [9.17, 15) is 19.8 Å². The van der Waals surface area contributed by atoms with Crippen LogP contribution in [0.2, 0.25) is 0 Å². The number of aliphatic hydroxyl groups is 1. The normalized spacial score (nSPS) is 16.4. The molecule has 0 aliphatic carbocycles. The zero-order valence-electron chi connectivity index (χ0n) is 15.6. The number of ether oxygens (including phenoxy) is 1. The van der Waals surface area contributed by atoms with Crippen LogP contribution in [0.1, 0.15) is 27.9 Å². The van der Waals surface area contributed by atoms with Crippen LogP contribution in [-0.4, -0.2) is 39.2 Å². The van der Waals surface area contributed by atoms with Crippen molar-refractivity contribution in [1.82, 2.24) is 10.2 Å². The molecule has 30 heavy (non-hydrogen) atoms. The van der Waals surface area contributed by atoms with Crippen LogP contribution in [0.4, 0.5) is 5.13 Å². The number of ketones is 1. The van der Waals surface area contributed by atoms with Crippen molar-refractivity contribution in [3.05, 3.63) is 62.7 Å². The maximum absolute atomic E-state index is 13.2. The Bertz CT molecular complexity index is 1190. The fraction of sp³-hybridized carbons (Fsp3) is 0.158. The predicted molar refractivity (Wildman–Crippen MR) is 110 cm³/mol. The Hall–Kier alpha value is -3.18. The molecule has 0 bridgehead atoms. The molecule has 1 aliphatic heterocycles. The fourth-order valence-corrected chi connectivity index (χ4v) is 4.26. The number of benzene rings is 1. The molecule has 9 nitrogen and oxygen atoms in total. The highest BCUT2D eigenvalue weighted by atomic mass is 79.9. The minimum absolute atomic E-state index is 0.0178. The summed E-state index contributed by atoms with van der Waals surface area (Å²) in [5, 5.41) is 28.7. The third-order valence-corrected chi connectivity index (χ3v) is 5.85. The van der Waals surface area contributed by atoms with E-state index in [1.165, 1.54) is 35.7 Å². The van der Waals surface area contributed by atoms with Crippen LogP contribution in [-0.2, 0) is 4.79 Å². The number of carbonyl (C=O) groups excluding carboxylic acids is 2. The van der Waals surface area contributed by atoms with Crippen molar-refractivity contribution >= 4 is 44.1 Å². The lowest BCUT2D eigenvalue weighted by Crippen LogP contribution is -2.31. The van der Waals surface area contributed by atoms with Crippen LogP contribution < -0.4 is 9.64 Å². The monoisotopic (exact) mass is 491 g/mol. The lowest BCUT2D eigenvalue weighted by Gasteiger charge is -2.24. The Balaban J connectivity index is 1.92. The number of nitrogens with zero attached hydrogens (tertiary/aromatic N) is 3. The number of aromatic nitrogens is 2. The molecule has 1 amide bonds. The predicted octanol–water partition coefficient (Wildman–Crippen LogP) is 3.70. The first kappa shape index (κ1) is 20.1. The fourth-order valence-electron chi connectivity index (χ4n) is 3.22. The standard InChI is InChI=1S/C19H14BrN3O6S/c1-8-3-4-11(29-8)16(25)13-14(9-5-10(20)15(24)12(6-9)28-2)23(18(27)17(13)26)19-22-21-7-30-19/h3-7,14,24,26H,1-2H3. The minimum Gasteiger partial charge on any atom is -0.503 e. The number of phenolic OH excluding ortho intramolecular Hbond substituents is 1. The van der Waals surface area contributed by atoms with Gasteiger partial charge < -0.3 is 19.4 Å². The number of rotatable bonds is 5. The van der Waals surface area contributed by atoms with E-state index in [0.29, 0.717) is 11.3 Å². The quantitative estimate of drug-likeness (QED) is 0.517.